The maximum Gasteiger partial charge on any atom is 0.416 e. The third-order valence-electron chi connectivity index (χ3n) is 4.77. The number of nitrogens with zero attached hydrogens (tertiary/aromatic N) is 1. The Morgan fingerprint density at radius 2 is 2.00 bits per heavy atom. The molecule has 156 valence electrons. The monoisotopic (exact) mass is 408 g/mol. The predicted molar refractivity (Wildman–Crippen MR) is 101 cm³/mol. The number of alkyl halides is 3. The number of halogens is 3. The molecule has 0 aromatic heterocycles. The molecule has 2 atom stereocenters. The zero-order valence-corrected chi connectivity index (χ0v) is 16.0. The fourth-order valence-electron chi connectivity index (χ4n) is 3.26. The first kappa shape index (κ1) is 21.1. The van der Waals surface area contributed by atoms with E-state index in [2.05, 4.69) is 5.32 Å². The standard InChI is InChI=1S/C21H23F3N2O3/c1-28-14-18(16-8-5-9-17(12-16)21(22,23)24)25-20(27)26-10-11-29-19(13-26)15-6-3-2-4-7-15/h2-9,12,18-19H,10-11,13-14H2,1H3,(H,25,27). The summed E-state index contributed by atoms with van der Waals surface area (Å²) in [6.45, 7) is 1.20. The Balaban J connectivity index is 1.71. The van der Waals surface area contributed by atoms with Gasteiger partial charge in [0.25, 0.3) is 0 Å². The number of hydrogen-bond donors (Lipinski definition) is 1. The Bertz CT molecular complexity index is 814. The van der Waals surface area contributed by atoms with Crippen LogP contribution < -0.4 is 5.32 Å². The molecule has 2 aromatic rings. The zero-order chi connectivity index (χ0) is 20.9. The summed E-state index contributed by atoms with van der Waals surface area (Å²) >= 11 is 0. The Hall–Kier alpha value is -2.58. The van der Waals surface area contributed by atoms with Gasteiger partial charge in [0.15, 0.2) is 0 Å². The highest BCUT2D eigenvalue weighted by atomic mass is 19.4. The molecular formula is C21H23F3N2O3. The normalized spacial score (nSPS) is 18.3. The van der Waals surface area contributed by atoms with E-state index < -0.39 is 17.8 Å². The van der Waals surface area contributed by atoms with E-state index in [9.17, 15) is 18.0 Å². The third kappa shape index (κ3) is 5.48. The number of hydrogen-bond acceptors (Lipinski definition) is 3. The lowest BCUT2D eigenvalue weighted by atomic mass is 10.0. The first-order valence-electron chi connectivity index (χ1n) is 9.26. The minimum absolute atomic E-state index is 0.0551. The van der Waals surface area contributed by atoms with Crippen LogP contribution in [0, 0.1) is 0 Å². The van der Waals surface area contributed by atoms with Gasteiger partial charge in [0, 0.05) is 13.7 Å². The summed E-state index contributed by atoms with van der Waals surface area (Å²) < 4.78 is 50.0. The van der Waals surface area contributed by atoms with E-state index >= 15 is 0 Å². The maximum absolute atomic E-state index is 13.0. The van der Waals surface area contributed by atoms with Gasteiger partial charge < -0.3 is 19.7 Å². The first-order chi connectivity index (χ1) is 13.9. The molecule has 8 heteroatoms. The molecule has 0 spiro atoms. The third-order valence-corrected chi connectivity index (χ3v) is 4.77. The topological polar surface area (TPSA) is 50.8 Å². The van der Waals surface area contributed by atoms with Crippen molar-refractivity contribution < 1.29 is 27.4 Å². The Morgan fingerprint density at radius 3 is 2.69 bits per heavy atom. The largest absolute Gasteiger partial charge is 0.416 e. The van der Waals surface area contributed by atoms with E-state index in [4.69, 9.17) is 9.47 Å². The first-order valence-corrected chi connectivity index (χ1v) is 9.26. The lowest BCUT2D eigenvalue weighted by Crippen LogP contribution is -2.48. The summed E-state index contributed by atoms with van der Waals surface area (Å²) in [5.74, 6) is 0. The number of carbonyl (C=O) groups is 1. The van der Waals surface area contributed by atoms with Crippen LogP contribution in [0.2, 0.25) is 0 Å². The summed E-state index contributed by atoms with van der Waals surface area (Å²) in [4.78, 5) is 14.4. The van der Waals surface area contributed by atoms with Crippen molar-refractivity contribution in [3.8, 4) is 0 Å². The number of morpholine rings is 1. The molecule has 2 aromatic carbocycles. The minimum atomic E-state index is -4.45. The number of rotatable bonds is 5. The van der Waals surface area contributed by atoms with Gasteiger partial charge in [-0.3, -0.25) is 0 Å². The number of nitrogens with one attached hydrogen (secondary N) is 1. The number of benzene rings is 2. The van der Waals surface area contributed by atoms with Crippen LogP contribution in [0.15, 0.2) is 54.6 Å². The summed E-state index contributed by atoms with van der Waals surface area (Å²) in [7, 11) is 1.44. The molecule has 1 heterocycles. The maximum atomic E-state index is 13.0. The van der Waals surface area contributed by atoms with Crippen molar-refractivity contribution in [2.75, 3.05) is 33.4 Å². The van der Waals surface area contributed by atoms with Crippen LogP contribution in [-0.4, -0.2) is 44.3 Å². The van der Waals surface area contributed by atoms with Crippen LogP contribution in [0.4, 0.5) is 18.0 Å². The summed E-state index contributed by atoms with van der Waals surface area (Å²) in [5, 5.41) is 2.79. The average molecular weight is 408 g/mol. The summed E-state index contributed by atoms with van der Waals surface area (Å²) in [6, 6.07) is 13.4. The van der Waals surface area contributed by atoms with Gasteiger partial charge in [-0.15, -0.1) is 0 Å². The van der Waals surface area contributed by atoms with Crippen LogP contribution in [0.1, 0.15) is 28.8 Å². The second-order valence-corrected chi connectivity index (χ2v) is 6.80. The molecule has 0 saturated carbocycles. The van der Waals surface area contributed by atoms with Crippen LogP contribution in [0.5, 0.6) is 0 Å². The molecule has 1 saturated heterocycles. The molecule has 1 aliphatic rings. The van der Waals surface area contributed by atoms with Gasteiger partial charge in [-0.05, 0) is 23.3 Å². The number of methoxy groups -OCH3 is 1. The van der Waals surface area contributed by atoms with Crippen LogP contribution in [-0.2, 0) is 15.7 Å². The molecule has 1 fully saturated rings. The Kier molecular flexibility index (Phi) is 6.76. The number of urea groups is 1. The number of carbonyl (C=O) groups excluding carboxylic acids is 1. The smallest absolute Gasteiger partial charge is 0.382 e. The van der Waals surface area contributed by atoms with Crippen molar-refractivity contribution >= 4 is 6.03 Å². The molecule has 5 nitrogen and oxygen atoms in total. The van der Waals surface area contributed by atoms with E-state index in [1.54, 1.807) is 11.0 Å². The summed E-state index contributed by atoms with van der Waals surface area (Å²) in [6.07, 6.45) is -4.70. The van der Waals surface area contributed by atoms with Gasteiger partial charge in [-0.2, -0.15) is 13.2 Å². The molecule has 3 rings (SSSR count). The van der Waals surface area contributed by atoms with E-state index in [0.717, 1.165) is 17.7 Å². The molecule has 0 radical (unpaired) electrons. The average Bonchev–Trinajstić information content (AvgIpc) is 2.73. The van der Waals surface area contributed by atoms with Crippen molar-refractivity contribution in [1.82, 2.24) is 10.2 Å². The molecule has 1 N–H and O–H groups in total. The molecule has 0 aliphatic carbocycles. The van der Waals surface area contributed by atoms with Crippen molar-refractivity contribution in [2.24, 2.45) is 0 Å². The van der Waals surface area contributed by atoms with Gasteiger partial charge in [0.2, 0.25) is 0 Å². The Morgan fingerprint density at radius 1 is 1.24 bits per heavy atom. The lowest BCUT2D eigenvalue weighted by molar-refractivity contribution is -0.137. The fourth-order valence-corrected chi connectivity index (χ4v) is 3.26. The van der Waals surface area contributed by atoms with Crippen LogP contribution >= 0.6 is 0 Å². The van der Waals surface area contributed by atoms with E-state index in [0.29, 0.717) is 25.3 Å². The molecule has 29 heavy (non-hydrogen) atoms. The predicted octanol–water partition coefficient (Wildman–Crippen LogP) is 4.18. The quantitative estimate of drug-likeness (QED) is 0.808. The van der Waals surface area contributed by atoms with Gasteiger partial charge in [0.1, 0.15) is 6.10 Å². The number of amides is 2. The Labute approximate surface area is 167 Å². The second kappa shape index (κ2) is 9.28. The van der Waals surface area contributed by atoms with E-state index in [1.807, 2.05) is 30.3 Å². The zero-order valence-electron chi connectivity index (χ0n) is 16.0. The highest BCUT2D eigenvalue weighted by Gasteiger charge is 2.32. The molecule has 2 amide bonds. The van der Waals surface area contributed by atoms with Crippen LogP contribution in [0.25, 0.3) is 0 Å². The molecule has 2 unspecified atom stereocenters. The fraction of sp³-hybridized carbons (Fsp3) is 0.381. The lowest BCUT2D eigenvalue weighted by Gasteiger charge is -2.34. The molecular weight excluding hydrogens is 385 g/mol. The van der Waals surface area contributed by atoms with Crippen molar-refractivity contribution in [3.63, 3.8) is 0 Å². The van der Waals surface area contributed by atoms with Crippen LogP contribution in [0.3, 0.4) is 0 Å². The number of ether oxygens (including phenoxy) is 2. The molecule has 0 bridgehead atoms. The van der Waals surface area contributed by atoms with Crippen molar-refractivity contribution in [1.29, 1.82) is 0 Å². The summed E-state index contributed by atoms with van der Waals surface area (Å²) in [5.41, 5.74) is 0.542. The second-order valence-electron chi connectivity index (χ2n) is 6.80. The minimum Gasteiger partial charge on any atom is -0.382 e. The van der Waals surface area contributed by atoms with Crippen molar-refractivity contribution in [3.05, 3.63) is 71.3 Å². The van der Waals surface area contributed by atoms with E-state index in [-0.39, 0.29) is 18.7 Å². The highest BCUT2D eigenvalue weighted by molar-refractivity contribution is 5.75. The van der Waals surface area contributed by atoms with Gasteiger partial charge >= 0.3 is 12.2 Å². The SMILES string of the molecule is COCC(NC(=O)N1CCOC(c2ccccc2)C1)c1cccc(C(F)(F)F)c1. The van der Waals surface area contributed by atoms with Gasteiger partial charge in [-0.1, -0.05) is 42.5 Å². The van der Waals surface area contributed by atoms with Crippen molar-refractivity contribution in [2.45, 2.75) is 18.3 Å². The van der Waals surface area contributed by atoms with E-state index in [1.165, 1.54) is 13.2 Å². The van der Waals surface area contributed by atoms with Gasteiger partial charge in [-0.25, -0.2) is 4.79 Å². The highest BCUT2D eigenvalue weighted by Crippen LogP contribution is 2.31. The molecule has 1 aliphatic heterocycles. The van der Waals surface area contributed by atoms with Gasteiger partial charge in [0.05, 0.1) is 31.4 Å².